The lowest BCUT2D eigenvalue weighted by molar-refractivity contribution is -0.114. The number of anilines is 2. The van der Waals surface area contributed by atoms with E-state index in [-0.39, 0.29) is 12.5 Å². The molecule has 110 valence electrons. The largest absolute Gasteiger partial charge is 0.497 e. The smallest absolute Gasteiger partial charge is 0.243 e. The van der Waals surface area contributed by atoms with Gasteiger partial charge in [0.2, 0.25) is 5.91 Å². The fourth-order valence-electron chi connectivity index (χ4n) is 1.83. The first-order valence-electron chi connectivity index (χ1n) is 6.53. The molecule has 0 aliphatic heterocycles. The van der Waals surface area contributed by atoms with Crippen molar-refractivity contribution in [3.8, 4) is 5.75 Å². The van der Waals surface area contributed by atoms with Crippen molar-refractivity contribution in [3.05, 3.63) is 53.1 Å². The summed E-state index contributed by atoms with van der Waals surface area (Å²) in [6, 6.07) is 12.8. The van der Waals surface area contributed by atoms with Crippen molar-refractivity contribution in [1.82, 2.24) is 0 Å². The first kappa shape index (κ1) is 15.2. The molecule has 2 N–H and O–H groups in total. The number of carbonyl (C=O) groups excluding carboxylic acids is 1. The Kier molecular flexibility index (Phi) is 5.06. The molecule has 21 heavy (non-hydrogen) atoms. The highest BCUT2D eigenvalue weighted by Crippen LogP contribution is 2.22. The highest BCUT2D eigenvalue weighted by molar-refractivity contribution is 6.31. The average Bonchev–Trinajstić information content (AvgIpc) is 2.50. The number of nitrogens with one attached hydrogen (secondary N) is 2. The first-order valence-corrected chi connectivity index (χ1v) is 6.91. The summed E-state index contributed by atoms with van der Waals surface area (Å²) in [6.45, 7) is 2.05. The fraction of sp³-hybridized carbons (Fsp3) is 0.188. The molecule has 4 nitrogen and oxygen atoms in total. The van der Waals surface area contributed by atoms with Crippen molar-refractivity contribution < 1.29 is 9.53 Å². The van der Waals surface area contributed by atoms with Crippen LogP contribution in [0.3, 0.4) is 0 Å². The topological polar surface area (TPSA) is 50.4 Å². The lowest BCUT2D eigenvalue weighted by Crippen LogP contribution is -2.22. The van der Waals surface area contributed by atoms with E-state index < -0.39 is 0 Å². The zero-order valence-electron chi connectivity index (χ0n) is 11.9. The van der Waals surface area contributed by atoms with Crippen LogP contribution in [0.4, 0.5) is 11.4 Å². The molecule has 2 rings (SSSR count). The van der Waals surface area contributed by atoms with E-state index in [1.807, 2.05) is 43.3 Å². The Morgan fingerprint density at radius 3 is 2.57 bits per heavy atom. The van der Waals surface area contributed by atoms with Crippen LogP contribution in [0.15, 0.2) is 42.5 Å². The summed E-state index contributed by atoms with van der Waals surface area (Å²) < 4.78 is 5.08. The summed E-state index contributed by atoms with van der Waals surface area (Å²) in [5, 5.41) is 6.52. The van der Waals surface area contributed by atoms with Crippen LogP contribution in [0.5, 0.6) is 5.75 Å². The molecule has 1 amide bonds. The quantitative estimate of drug-likeness (QED) is 0.885. The molecule has 2 aromatic carbocycles. The summed E-state index contributed by atoms with van der Waals surface area (Å²) in [5.41, 5.74) is 2.44. The molecular weight excluding hydrogens is 288 g/mol. The normalized spacial score (nSPS) is 10.0. The van der Waals surface area contributed by atoms with E-state index >= 15 is 0 Å². The number of halogens is 1. The van der Waals surface area contributed by atoms with E-state index in [0.29, 0.717) is 5.02 Å². The highest BCUT2D eigenvalue weighted by Gasteiger charge is 2.06. The summed E-state index contributed by atoms with van der Waals surface area (Å²) >= 11 is 6.02. The molecule has 0 spiro atoms. The second-order valence-electron chi connectivity index (χ2n) is 4.54. The molecule has 0 aliphatic carbocycles. The maximum absolute atomic E-state index is 11.9. The van der Waals surface area contributed by atoms with E-state index in [2.05, 4.69) is 10.6 Å². The zero-order chi connectivity index (χ0) is 15.2. The van der Waals surface area contributed by atoms with E-state index in [1.54, 1.807) is 13.2 Å². The van der Waals surface area contributed by atoms with Crippen LogP contribution in [0, 0.1) is 6.92 Å². The molecule has 0 saturated heterocycles. The van der Waals surface area contributed by atoms with Gasteiger partial charge in [-0.2, -0.15) is 0 Å². The van der Waals surface area contributed by atoms with Crippen molar-refractivity contribution in [2.75, 3.05) is 24.3 Å². The SMILES string of the molecule is COc1ccc(NCC(=O)Nc2cccc(Cl)c2C)cc1. The molecule has 0 fully saturated rings. The maximum Gasteiger partial charge on any atom is 0.243 e. The van der Waals surface area contributed by atoms with E-state index in [1.165, 1.54) is 0 Å². The summed E-state index contributed by atoms with van der Waals surface area (Å²) in [5.74, 6) is 0.649. The fourth-order valence-corrected chi connectivity index (χ4v) is 2.00. The van der Waals surface area contributed by atoms with Crippen molar-refractivity contribution in [1.29, 1.82) is 0 Å². The van der Waals surface area contributed by atoms with Gasteiger partial charge in [0.15, 0.2) is 0 Å². The van der Waals surface area contributed by atoms with Gasteiger partial charge in [-0.05, 0) is 48.9 Å². The molecule has 0 aromatic heterocycles. The molecule has 5 heteroatoms. The molecule has 2 aromatic rings. The summed E-state index contributed by atoms with van der Waals surface area (Å²) in [4.78, 5) is 11.9. The van der Waals surface area contributed by atoms with Crippen molar-refractivity contribution in [3.63, 3.8) is 0 Å². The Bertz CT molecular complexity index is 627. The van der Waals surface area contributed by atoms with Crippen LogP contribution in [-0.2, 0) is 4.79 Å². The van der Waals surface area contributed by atoms with Crippen LogP contribution in [-0.4, -0.2) is 19.6 Å². The standard InChI is InChI=1S/C16H17ClN2O2/c1-11-14(17)4-3-5-15(11)19-16(20)10-18-12-6-8-13(21-2)9-7-12/h3-9,18H,10H2,1-2H3,(H,19,20). The number of benzene rings is 2. The Labute approximate surface area is 129 Å². The maximum atomic E-state index is 11.9. The molecule has 0 atom stereocenters. The van der Waals surface area contributed by atoms with Gasteiger partial charge >= 0.3 is 0 Å². The minimum absolute atomic E-state index is 0.129. The van der Waals surface area contributed by atoms with Gasteiger partial charge in [-0.3, -0.25) is 4.79 Å². The Balaban J connectivity index is 1.91. The number of carbonyl (C=O) groups is 1. The predicted molar refractivity (Wildman–Crippen MR) is 86.3 cm³/mol. The second-order valence-corrected chi connectivity index (χ2v) is 4.95. The van der Waals surface area contributed by atoms with Crippen LogP contribution in [0.1, 0.15) is 5.56 Å². The van der Waals surface area contributed by atoms with Gasteiger partial charge in [-0.25, -0.2) is 0 Å². The third-order valence-electron chi connectivity index (χ3n) is 3.08. The number of ether oxygens (including phenoxy) is 1. The number of amides is 1. The molecule has 0 radical (unpaired) electrons. The Hall–Kier alpha value is -2.20. The molecule has 0 bridgehead atoms. The van der Waals surface area contributed by atoms with Crippen molar-refractivity contribution >= 4 is 28.9 Å². The number of hydrogen-bond acceptors (Lipinski definition) is 3. The Morgan fingerprint density at radius 2 is 1.90 bits per heavy atom. The van der Waals surface area contributed by atoms with Crippen LogP contribution in [0.2, 0.25) is 5.02 Å². The van der Waals surface area contributed by atoms with Gasteiger partial charge in [0.25, 0.3) is 0 Å². The minimum atomic E-state index is -0.129. The molecule has 0 heterocycles. The summed E-state index contributed by atoms with van der Waals surface area (Å²) in [6.07, 6.45) is 0. The van der Waals surface area contributed by atoms with Crippen molar-refractivity contribution in [2.45, 2.75) is 6.92 Å². The second kappa shape index (κ2) is 6.99. The average molecular weight is 305 g/mol. The van der Waals surface area contributed by atoms with Gasteiger partial charge in [-0.15, -0.1) is 0 Å². The number of methoxy groups -OCH3 is 1. The number of hydrogen-bond donors (Lipinski definition) is 2. The van der Waals surface area contributed by atoms with Crippen LogP contribution in [0.25, 0.3) is 0 Å². The van der Waals surface area contributed by atoms with Crippen LogP contribution >= 0.6 is 11.6 Å². The van der Waals surface area contributed by atoms with E-state index in [4.69, 9.17) is 16.3 Å². The zero-order valence-corrected chi connectivity index (χ0v) is 12.7. The molecule has 0 saturated carbocycles. The minimum Gasteiger partial charge on any atom is -0.497 e. The van der Waals surface area contributed by atoms with Crippen molar-refractivity contribution in [2.24, 2.45) is 0 Å². The van der Waals surface area contributed by atoms with E-state index in [9.17, 15) is 4.79 Å². The third kappa shape index (κ3) is 4.13. The van der Waals surface area contributed by atoms with Gasteiger partial charge in [0, 0.05) is 16.4 Å². The van der Waals surface area contributed by atoms with E-state index in [0.717, 1.165) is 22.7 Å². The van der Waals surface area contributed by atoms with Crippen LogP contribution < -0.4 is 15.4 Å². The Morgan fingerprint density at radius 1 is 1.19 bits per heavy atom. The third-order valence-corrected chi connectivity index (χ3v) is 3.49. The predicted octanol–water partition coefficient (Wildman–Crippen LogP) is 3.71. The molecule has 0 aliphatic rings. The lowest BCUT2D eigenvalue weighted by atomic mass is 10.2. The lowest BCUT2D eigenvalue weighted by Gasteiger charge is -2.11. The number of rotatable bonds is 5. The first-order chi connectivity index (χ1) is 10.1. The molecular formula is C16H17ClN2O2. The molecule has 0 unspecified atom stereocenters. The summed E-state index contributed by atoms with van der Waals surface area (Å²) in [7, 11) is 1.61. The monoisotopic (exact) mass is 304 g/mol. The van der Waals surface area contributed by atoms with Gasteiger partial charge in [0.05, 0.1) is 13.7 Å². The van der Waals surface area contributed by atoms with Gasteiger partial charge in [0.1, 0.15) is 5.75 Å². The van der Waals surface area contributed by atoms with Gasteiger partial charge in [-0.1, -0.05) is 17.7 Å². The highest BCUT2D eigenvalue weighted by atomic mass is 35.5. The van der Waals surface area contributed by atoms with Gasteiger partial charge < -0.3 is 15.4 Å².